The van der Waals surface area contributed by atoms with Gasteiger partial charge in [0, 0.05) is 5.02 Å². The fourth-order valence-electron chi connectivity index (χ4n) is 2.11. The van der Waals surface area contributed by atoms with E-state index in [0.717, 1.165) is 25.1 Å². The highest BCUT2D eigenvalue weighted by molar-refractivity contribution is 6.31. The number of carbonyl (C=O) groups excluding carboxylic acids is 1. The van der Waals surface area contributed by atoms with Crippen molar-refractivity contribution in [1.82, 2.24) is 0 Å². The second kappa shape index (κ2) is 7.94. The molecule has 11 heteroatoms. The van der Waals surface area contributed by atoms with Crippen LogP contribution in [0.1, 0.15) is 22.8 Å². The molecule has 2 aromatic carbocycles. The van der Waals surface area contributed by atoms with Crippen molar-refractivity contribution in [2.24, 2.45) is 5.92 Å². The number of halogens is 9. The molecule has 152 valence electrons. The van der Waals surface area contributed by atoms with Crippen molar-refractivity contribution in [3.8, 4) is 5.75 Å². The molecular weight excluding hydrogens is 424 g/mol. The number of rotatable bonds is 4. The summed E-state index contributed by atoms with van der Waals surface area (Å²) in [7, 11) is 0. The predicted molar refractivity (Wildman–Crippen MR) is 81.6 cm³/mol. The maximum Gasteiger partial charge on any atom is 0.391 e. The molecule has 0 aliphatic carbocycles. The van der Waals surface area contributed by atoms with Crippen molar-refractivity contribution in [1.29, 1.82) is 0 Å². The maximum absolute atomic E-state index is 13.5. The van der Waals surface area contributed by atoms with Gasteiger partial charge in [0.05, 0.1) is 11.5 Å². The highest BCUT2D eigenvalue weighted by atomic mass is 35.5. The molecule has 0 N–H and O–H groups in total. The zero-order valence-electron chi connectivity index (χ0n) is 13.7. The van der Waals surface area contributed by atoms with Gasteiger partial charge < -0.3 is 4.74 Å². The average molecular weight is 433 g/mol. The predicted octanol–water partition coefficient (Wildman–Crippen LogP) is 6.00. The lowest BCUT2D eigenvalue weighted by Crippen LogP contribution is -2.22. The molecule has 0 aliphatic rings. The SMILES string of the molecule is C[C@@H](Cc1ccc(C(=O)Oc2c(F)c(F)c(F)c(F)c2F)cc1Cl)C(F)(F)F. The van der Waals surface area contributed by atoms with E-state index in [1.54, 1.807) is 0 Å². The summed E-state index contributed by atoms with van der Waals surface area (Å²) in [6.07, 6.45) is -4.98. The Bertz CT molecular complexity index is 897. The number of hydrogen-bond donors (Lipinski definition) is 0. The number of carbonyl (C=O) groups is 1. The van der Waals surface area contributed by atoms with Crippen LogP contribution >= 0.6 is 11.6 Å². The highest BCUT2D eigenvalue weighted by Gasteiger charge is 2.36. The van der Waals surface area contributed by atoms with Crippen LogP contribution in [-0.2, 0) is 6.42 Å². The molecule has 0 amide bonds. The van der Waals surface area contributed by atoms with Gasteiger partial charge in [0.2, 0.25) is 34.8 Å². The van der Waals surface area contributed by atoms with Gasteiger partial charge in [-0.2, -0.15) is 22.0 Å². The molecule has 0 saturated heterocycles. The third-order valence-electron chi connectivity index (χ3n) is 3.74. The summed E-state index contributed by atoms with van der Waals surface area (Å²) < 4.78 is 108. The van der Waals surface area contributed by atoms with Gasteiger partial charge in [-0.05, 0) is 24.1 Å². The molecule has 0 saturated carbocycles. The second-order valence-corrected chi connectivity index (χ2v) is 6.15. The summed E-state index contributed by atoms with van der Waals surface area (Å²) >= 11 is 5.81. The Kier molecular flexibility index (Phi) is 6.22. The molecular formula is C17H9ClF8O2. The standard InChI is InChI=1S/C17H9ClF8O2/c1-6(17(24,25)26)4-7-2-3-8(5-9(7)18)16(27)28-15-13(22)11(20)10(19)12(21)14(15)23/h2-3,5-6H,4H2,1H3/t6-/m0/s1. The summed E-state index contributed by atoms with van der Waals surface area (Å²) in [5.74, 6) is -16.8. The van der Waals surface area contributed by atoms with Gasteiger partial charge in [0.25, 0.3) is 0 Å². The molecule has 2 aromatic rings. The largest absolute Gasteiger partial charge is 0.416 e. The van der Waals surface area contributed by atoms with Crippen molar-refractivity contribution < 1.29 is 44.7 Å². The maximum atomic E-state index is 13.5. The van der Waals surface area contributed by atoms with E-state index in [0.29, 0.717) is 0 Å². The van der Waals surface area contributed by atoms with E-state index in [1.807, 2.05) is 0 Å². The van der Waals surface area contributed by atoms with Crippen LogP contribution in [0.25, 0.3) is 0 Å². The van der Waals surface area contributed by atoms with E-state index in [-0.39, 0.29) is 10.6 Å². The Morgan fingerprint density at radius 3 is 1.96 bits per heavy atom. The van der Waals surface area contributed by atoms with Crippen LogP contribution in [0, 0.1) is 35.0 Å². The van der Waals surface area contributed by atoms with Crippen LogP contribution in [0.15, 0.2) is 18.2 Å². The smallest absolute Gasteiger partial charge is 0.391 e. The first-order valence-electron chi connectivity index (χ1n) is 7.43. The molecule has 0 radical (unpaired) electrons. The quantitative estimate of drug-likeness (QED) is 0.195. The minimum absolute atomic E-state index is 0.0271. The van der Waals surface area contributed by atoms with Crippen molar-refractivity contribution in [2.45, 2.75) is 19.5 Å². The van der Waals surface area contributed by atoms with E-state index >= 15 is 0 Å². The molecule has 0 fully saturated rings. The fourth-order valence-corrected chi connectivity index (χ4v) is 2.37. The third-order valence-corrected chi connectivity index (χ3v) is 4.09. The third kappa shape index (κ3) is 4.37. The van der Waals surface area contributed by atoms with Crippen LogP contribution in [0.5, 0.6) is 5.75 Å². The summed E-state index contributed by atoms with van der Waals surface area (Å²) in [5, 5.41) is -0.275. The number of alkyl halides is 3. The molecule has 2 rings (SSSR count). The van der Waals surface area contributed by atoms with E-state index < -0.39 is 64.9 Å². The lowest BCUT2D eigenvalue weighted by Gasteiger charge is -2.16. The molecule has 2 nitrogen and oxygen atoms in total. The van der Waals surface area contributed by atoms with Crippen LogP contribution in [0.4, 0.5) is 35.1 Å². The molecule has 0 spiro atoms. The molecule has 0 aromatic heterocycles. The van der Waals surface area contributed by atoms with Crippen LogP contribution < -0.4 is 4.74 Å². The van der Waals surface area contributed by atoms with Crippen molar-refractivity contribution in [3.63, 3.8) is 0 Å². The second-order valence-electron chi connectivity index (χ2n) is 5.74. The summed E-state index contributed by atoms with van der Waals surface area (Å²) in [5.41, 5.74) is -0.448. The zero-order valence-corrected chi connectivity index (χ0v) is 14.5. The van der Waals surface area contributed by atoms with E-state index in [9.17, 15) is 39.9 Å². The first-order chi connectivity index (χ1) is 12.8. The molecule has 0 bridgehead atoms. The average Bonchev–Trinajstić information content (AvgIpc) is 2.62. The van der Waals surface area contributed by atoms with Crippen molar-refractivity contribution >= 4 is 17.6 Å². The zero-order chi connectivity index (χ0) is 21.4. The van der Waals surface area contributed by atoms with Crippen LogP contribution in [0.3, 0.4) is 0 Å². The monoisotopic (exact) mass is 432 g/mol. The topological polar surface area (TPSA) is 26.3 Å². The highest BCUT2D eigenvalue weighted by Crippen LogP contribution is 2.32. The van der Waals surface area contributed by atoms with Crippen LogP contribution in [0.2, 0.25) is 5.02 Å². The first kappa shape index (κ1) is 21.9. The number of benzene rings is 2. The summed E-state index contributed by atoms with van der Waals surface area (Å²) in [6.45, 7) is 0.918. The van der Waals surface area contributed by atoms with Gasteiger partial charge >= 0.3 is 12.1 Å². The molecule has 1 atom stereocenters. The van der Waals surface area contributed by atoms with E-state index in [2.05, 4.69) is 4.74 Å². The van der Waals surface area contributed by atoms with Gasteiger partial charge in [0.1, 0.15) is 0 Å². The van der Waals surface area contributed by atoms with Crippen molar-refractivity contribution in [3.05, 3.63) is 63.4 Å². The van der Waals surface area contributed by atoms with E-state index in [4.69, 9.17) is 11.6 Å². The molecule has 0 heterocycles. The normalized spacial score (nSPS) is 12.8. The lowest BCUT2D eigenvalue weighted by molar-refractivity contribution is -0.169. The van der Waals surface area contributed by atoms with E-state index in [1.165, 1.54) is 0 Å². The van der Waals surface area contributed by atoms with Gasteiger partial charge in [-0.25, -0.2) is 18.0 Å². The van der Waals surface area contributed by atoms with Gasteiger partial charge in [0.15, 0.2) is 0 Å². The summed E-state index contributed by atoms with van der Waals surface area (Å²) in [6, 6.07) is 2.85. The molecule has 0 unspecified atom stereocenters. The number of hydrogen-bond acceptors (Lipinski definition) is 2. The molecule has 0 aliphatic heterocycles. The lowest BCUT2D eigenvalue weighted by atomic mass is 9.99. The van der Waals surface area contributed by atoms with Gasteiger partial charge in [-0.15, -0.1) is 0 Å². The van der Waals surface area contributed by atoms with Gasteiger partial charge in [-0.1, -0.05) is 24.6 Å². The van der Waals surface area contributed by atoms with Gasteiger partial charge in [-0.3, -0.25) is 0 Å². The Labute approximate surface area is 157 Å². The Morgan fingerprint density at radius 2 is 1.50 bits per heavy atom. The number of esters is 1. The first-order valence-corrected chi connectivity index (χ1v) is 7.81. The Balaban J connectivity index is 2.29. The fraction of sp³-hybridized carbons (Fsp3) is 0.235. The minimum atomic E-state index is -4.48. The molecule has 28 heavy (non-hydrogen) atoms. The Hall–Kier alpha value is -2.36. The Morgan fingerprint density at radius 1 is 1.00 bits per heavy atom. The minimum Gasteiger partial charge on any atom is -0.416 e. The number of ether oxygens (including phenoxy) is 1. The van der Waals surface area contributed by atoms with Crippen LogP contribution in [-0.4, -0.2) is 12.1 Å². The van der Waals surface area contributed by atoms with Crippen molar-refractivity contribution in [2.75, 3.05) is 0 Å². The summed E-state index contributed by atoms with van der Waals surface area (Å²) in [4.78, 5) is 11.9.